The molecule has 1 aromatic heterocycles. The molecule has 4 fully saturated rings. The van der Waals surface area contributed by atoms with Gasteiger partial charge < -0.3 is 24.4 Å². The van der Waals surface area contributed by atoms with E-state index in [0.717, 1.165) is 58.4 Å². The predicted octanol–water partition coefficient (Wildman–Crippen LogP) is 6.19. The Morgan fingerprint density at radius 2 is 1.82 bits per heavy atom. The molecular weight excluding hydrogens is 793 g/mol. The van der Waals surface area contributed by atoms with E-state index in [2.05, 4.69) is 30.1 Å². The van der Waals surface area contributed by atoms with Gasteiger partial charge in [-0.05, 0) is 94.6 Å². The van der Waals surface area contributed by atoms with Crippen molar-refractivity contribution in [2.24, 2.45) is 5.41 Å². The van der Waals surface area contributed by atoms with E-state index in [0.29, 0.717) is 47.0 Å². The van der Waals surface area contributed by atoms with Crippen LogP contribution >= 0.6 is 12.1 Å². The zero-order valence-corrected chi connectivity index (χ0v) is 34.7. The first kappa shape index (κ1) is 41.5. The third kappa shape index (κ3) is 8.65. The first-order valence-corrected chi connectivity index (χ1v) is 21.3. The molecule has 0 bridgehead atoms. The quantitative estimate of drug-likeness (QED) is 0.0977. The number of ether oxygens (including phenoxy) is 2. The van der Waals surface area contributed by atoms with Crippen LogP contribution in [0.3, 0.4) is 0 Å². The minimum Gasteiger partial charge on any atom is -0.453 e. The summed E-state index contributed by atoms with van der Waals surface area (Å²) in [5.41, 5.74) is 1.87. The minimum absolute atomic E-state index is 0.0101. The van der Waals surface area contributed by atoms with Crippen LogP contribution in [0.1, 0.15) is 64.0 Å². The molecule has 3 saturated heterocycles. The summed E-state index contributed by atoms with van der Waals surface area (Å²) in [7, 11) is 1.88. The fourth-order valence-electron chi connectivity index (χ4n) is 8.68. The summed E-state index contributed by atoms with van der Waals surface area (Å²) >= 11 is 1.28. The number of piperidine rings is 1. The van der Waals surface area contributed by atoms with Gasteiger partial charge in [0.2, 0.25) is 11.8 Å². The number of anilines is 3. The van der Waals surface area contributed by atoms with Crippen LogP contribution in [0.15, 0.2) is 59.7 Å². The molecule has 2 amide bonds. The van der Waals surface area contributed by atoms with Gasteiger partial charge in [-0.25, -0.2) is 18.1 Å². The molecule has 17 heteroatoms. The number of rotatable bonds is 14. The van der Waals surface area contributed by atoms with Gasteiger partial charge in [0.05, 0.1) is 47.4 Å². The van der Waals surface area contributed by atoms with Gasteiger partial charge in [0, 0.05) is 68.4 Å². The summed E-state index contributed by atoms with van der Waals surface area (Å²) in [6, 6.07) is 14.1. The highest BCUT2D eigenvalue weighted by Gasteiger charge is 2.53. The average molecular weight is 842 g/mol. The SMILES string of the molecule is CCN(C)SNc1ccc(F)c(Oc2ccc3ncn(C(C)COC4CCC(N5CC6(CN(c7ccc(NC8CCC(=O)NC8=O)cc7F)C6)C5)CC4)c(=O)c3c2)c1C#N. The highest BCUT2D eigenvalue weighted by atomic mass is 32.2. The fraction of sp³-hybridized carbons (Fsp3) is 0.465. The molecular formula is C43H49F2N9O5S. The van der Waals surface area contributed by atoms with Crippen molar-refractivity contribution in [2.45, 2.75) is 76.6 Å². The summed E-state index contributed by atoms with van der Waals surface area (Å²) in [5.74, 6) is -1.73. The van der Waals surface area contributed by atoms with Crippen molar-refractivity contribution < 1.29 is 27.8 Å². The van der Waals surface area contributed by atoms with Crippen LogP contribution in [0.4, 0.5) is 25.8 Å². The number of carbonyl (C=O) groups is 2. The van der Waals surface area contributed by atoms with Gasteiger partial charge in [0.1, 0.15) is 29.2 Å². The van der Waals surface area contributed by atoms with Crippen molar-refractivity contribution in [3.63, 3.8) is 0 Å². The van der Waals surface area contributed by atoms with Crippen LogP contribution in [0.2, 0.25) is 0 Å². The van der Waals surface area contributed by atoms with Gasteiger partial charge in [-0.1, -0.05) is 6.92 Å². The minimum atomic E-state index is -0.699. The van der Waals surface area contributed by atoms with Crippen LogP contribution in [-0.2, 0) is 14.3 Å². The lowest BCUT2D eigenvalue weighted by Crippen LogP contribution is -2.74. The maximum absolute atomic E-state index is 15.2. The average Bonchev–Trinajstić information content (AvgIpc) is 3.21. The van der Waals surface area contributed by atoms with E-state index in [1.807, 2.05) is 31.3 Å². The Bertz CT molecular complexity index is 2370. The summed E-state index contributed by atoms with van der Waals surface area (Å²) in [5, 5.41) is 15.6. The highest BCUT2D eigenvalue weighted by Crippen LogP contribution is 2.45. The molecule has 316 valence electrons. The fourth-order valence-corrected chi connectivity index (χ4v) is 9.23. The van der Waals surface area contributed by atoms with E-state index in [9.17, 15) is 19.6 Å². The lowest BCUT2D eigenvalue weighted by atomic mass is 9.71. The van der Waals surface area contributed by atoms with Gasteiger partial charge >= 0.3 is 0 Å². The van der Waals surface area contributed by atoms with E-state index in [1.54, 1.807) is 28.8 Å². The molecule has 8 rings (SSSR count). The van der Waals surface area contributed by atoms with Gasteiger partial charge in [0.25, 0.3) is 5.56 Å². The van der Waals surface area contributed by atoms with Crippen molar-refractivity contribution >= 4 is 51.9 Å². The van der Waals surface area contributed by atoms with Crippen molar-refractivity contribution in [1.29, 1.82) is 5.26 Å². The van der Waals surface area contributed by atoms with Crippen molar-refractivity contribution in [3.8, 4) is 17.6 Å². The maximum atomic E-state index is 15.2. The van der Waals surface area contributed by atoms with E-state index in [1.165, 1.54) is 42.7 Å². The summed E-state index contributed by atoms with van der Waals surface area (Å²) in [6.07, 6.45) is 6.15. The molecule has 3 aliphatic heterocycles. The Labute approximate surface area is 351 Å². The molecule has 1 spiro atoms. The van der Waals surface area contributed by atoms with Gasteiger partial charge in [-0.15, -0.1) is 0 Å². The van der Waals surface area contributed by atoms with Crippen molar-refractivity contribution in [2.75, 3.05) is 61.3 Å². The van der Waals surface area contributed by atoms with Crippen LogP contribution in [-0.4, -0.2) is 95.1 Å². The van der Waals surface area contributed by atoms with Crippen molar-refractivity contribution in [3.05, 3.63) is 82.4 Å². The first-order chi connectivity index (χ1) is 28.9. The Balaban J connectivity index is 0.801. The molecule has 60 heavy (non-hydrogen) atoms. The first-order valence-electron chi connectivity index (χ1n) is 20.5. The van der Waals surface area contributed by atoms with Gasteiger partial charge in [0.15, 0.2) is 11.6 Å². The zero-order valence-electron chi connectivity index (χ0n) is 33.9. The molecule has 2 atom stereocenters. The number of hydrogen-bond donors (Lipinski definition) is 3. The second-order valence-electron chi connectivity index (χ2n) is 16.5. The number of nitriles is 1. The second kappa shape index (κ2) is 17.4. The van der Waals surface area contributed by atoms with Crippen molar-refractivity contribution in [1.82, 2.24) is 24.1 Å². The molecule has 4 heterocycles. The number of halogens is 2. The molecule has 2 unspecified atom stereocenters. The Kier molecular flexibility index (Phi) is 12.0. The lowest BCUT2D eigenvalue weighted by molar-refractivity contribution is -0.133. The number of carbonyl (C=O) groups excluding carboxylic acids is 2. The number of likely N-dealkylation sites (tertiary alicyclic amines) is 1. The Morgan fingerprint density at radius 1 is 1.03 bits per heavy atom. The smallest absolute Gasteiger partial charge is 0.261 e. The zero-order chi connectivity index (χ0) is 42.1. The maximum Gasteiger partial charge on any atom is 0.261 e. The number of amides is 2. The molecule has 1 aliphatic carbocycles. The third-order valence-corrected chi connectivity index (χ3v) is 13.0. The number of imide groups is 1. The van der Waals surface area contributed by atoms with Crippen LogP contribution in [0, 0.1) is 28.4 Å². The molecule has 1 saturated carbocycles. The van der Waals surface area contributed by atoms with E-state index in [4.69, 9.17) is 9.47 Å². The van der Waals surface area contributed by atoms with Gasteiger partial charge in [-0.3, -0.25) is 29.2 Å². The number of aromatic nitrogens is 2. The molecule has 4 aromatic rings. The number of nitrogens with one attached hydrogen (secondary N) is 3. The molecule has 4 aliphatic rings. The highest BCUT2D eigenvalue weighted by molar-refractivity contribution is 7.98. The van der Waals surface area contributed by atoms with E-state index < -0.39 is 11.9 Å². The standard InChI is InChI=1S/C43H49F2N9O5S/c1-4-51(3)60-50-36-13-11-33(44)40(32(36)19-46)59-30-10-12-35-31(18-30)42(57)54(25-47-35)26(2)20-58-29-8-6-28(7-9-29)52-21-43(22-52)23-53(24-43)38-15-5-27(17-34(38)45)48-37-14-16-39(55)49-41(37)56/h5,10-13,15,17-18,25-26,28-29,37,48,50H,4,6-9,14,16,20-24H2,1-3H3,(H,49,55,56). The number of nitrogens with zero attached hydrogens (tertiary/aromatic N) is 6. The number of hydrogen-bond acceptors (Lipinski definition) is 13. The Morgan fingerprint density at radius 3 is 2.53 bits per heavy atom. The van der Waals surface area contributed by atoms with E-state index >= 15 is 8.78 Å². The van der Waals surface area contributed by atoms with Crippen LogP contribution < -0.4 is 30.6 Å². The summed E-state index contributed by atoms with van der Waals surface area (Å²) < 4.78 is 49.0. The molecule has 3 aromatic carbocycles. The molecule has 14 nitrogen and oxygen atoms in total. The number of fused-ring (bicyclic) bond motifs is 1. The topological polar surface area (TPSA) is 157 Å². The normalized spacial score (nSPS) is 21.9. The third-order valence-electron chi connectivity index (χ3n) is 12.2. The summed E-state index contributed by atoms with van der Waals surface area (Å²) in [6.45, 7) is 8.59. The molecule has 0 radical (unpaired) electrons. The summed E-state index contributed by atoms with van der Waals surface area (Å²) in [4.78, 5) is 46.4. The van der Waals surface area contributed by atoms with Crippen LogP contribution in [0.25, 0.3) is 10.9 Å². The van der Waals surface area contributed by atoms with Crippen LogP contribution in [0.5, 0.6) is 11.5 Å². The monoisotopic (exact) mass is 841 g/mol. The van der Waals surface area contributed by atoms with Gasteiger partial charge in [-0.2, -0.15) is 5.26 Å². The number of benzene rings is 3. The predicted molar refractivity (Wildman–Crippen MR) is 226 cm³/mol. The lowest BCUT2D eigenvalue weighted by Gasteiger charge is -2.63. The second-order valence-corrected chi connectivity index (χ2v) is 17.5. The van der Waals surface area contributed by atoms with E-state index in [-0.39, 0.29) is 64.2 Å². The molecule has 3 N–H and O–H groups in total. The Hall–Kier alpha value is -5.28. The largest absolute Gasteiger partial charge is 0.453 e.